The zero-order valence-corrected chi connectivity index (χ0v) is 9.31. The summed E-state index contributed by atoms with van der Waals surface area (Å²) in [4.78, 5) is 11.9. The molecule has 1 unspecified atom stereocenters. The second-order valence-corrected chi connectivity index (χ2v) is 5.23. The first-order valence-corrected chi connectivity index (χ1v) is 5.75. The van der Waals surface area contributed by atoms with Crippen LogP contribution in [0.15, 0.2) is 0 Å². The summed E-state index contributed by atoms with van der Waals surface area (Å²) in [7, 11) is 0. The standard InChI is InChI=1S/C11H20N2O2/c1-10(4-5-10)9(15)13-11(8-14)3-2-6-12-7-11/h12,14H,2-8H2,1H3,(H,13,15). The van der Waals surface area contributed by atoms with Crippen molar-refractivity contribution in [2.45, 2.75) is 38.1 Å². The third-order valence-corrected chi connectivity index (χ3v) is 3.70. The number of hydrogen-bond donors (Lipinski definition) is 3. The Bertz CT molecular complexity index is 255. The van der Waals surface area contributed by atoms with Gasteiger partial charge in [-0.15, -0.1) is 0 Å². The summed E-state index contributed by atoms with van der Waals surface area (Å²) in [6.45, 7) is 3.69. The Morgan fingerprint density at radius 3 is 2.67 bits per heavy atom. The van der Waals surface area contributed by atoms with Crippen LogP contribution >= 0.6 is 0 Å². The van der Waals surface area contributed by atoms with Crippen LogP contribution in [-0.4, -0.2) is 36.2 Å². The van der Waals surface area contributed by atoms with E-state index in [2.05, 4.69) is 10.6 Å². The molecule has 1 amide bonds. The van der Waals surface area contributed by atoms with Crippen LogP contribution in [0, 0.1) is 5.41 Å². The van der Waals surface area contributed by atoms with Crippen molar-refractivity contribution in [3.8, 4) is 0 Å². The maximum absolute atomic E-state index is 11.9. The molecule has 0 bridgehead atoms. The third-order valence-electron chi connectivity index (χ3n) is 3.70. The summed E-state index contributed by atoms with van der Waals surface area (Å²) in [5.41, 5.74) is -0.569. The quantitative estimate of drug-likeness (QED) is 0.618. The van der Waals surface area contributed by atoms with Crippen molar-refractivity contribution in [2.75, 3.05) is 19.7 Å². The molecule has 1 aliphatic heterocycles. The molecule has 86 valence electrons. The number of nitrogens with one attached hydrogen (secondary N) is 2. The van der Waals surface area contributed by atoms with E-state index in [0.29, 0.717) is 6.54 Å². The Kier molecular flexibility index (Phi) is 2.73. The molecule has 1 aliphatic carbocycles. The molecule has 0 aromatic heterocycles. The molecule has 4 nitrogen and oxygen atoms in total. The molecule has 1 heterocycles. The fraction of sp³-hybridized carbons (Fsp3) is 0.909. The zero-order chi connectivity index (χ0) is 10.9. The van der Waals surface area contributed by atoms with E-state index in [1.165, 1.54) is 0 Å². The lowest BCUT2D eigenvalue weighted by molar-refractivity contribution is -0.128. The predicted octanol–water partition coefficient (Wildman–Crippen LogP) is 0.0172. The average molecular weight is 212 g/mol. The first-order valence-electron chi connectivity index (χ1n) is 5.75. The first kappa shape index (κ1) is 10.9. The average Bonchev–Trinajstić information content (AvgIpc) is 2.99. The summed E-state index contributed by atoms with van der Waals surface area (Å²) in [5, 5.41) is 15.7. The van der Waals surface area contributed by atoms with Gasteiger partial charge in [0.25, 0.3) is 0 Å². The van der Waals surface area contributed by atoms with Gasteiger partial charge in [0.15, 0.2) is 0 Å². The summed E-state index contributed by atoms with van der Waals surface area (Å²) in [5.74, 6) is 0.111. The van der Waals surface area contributed by atoms with Gasteiger partial charge in [-0.2, -0.15) is 0 Å². The van der Waals surface area contributed by atoms with Crippen LogP contribution in [0.1, 0.15) is 32.6 Å². The van der Waals surface area contributed by atoms with Crippen molar-refractivity contribution in [2.24, 2.45) is 5.41 Å². The van der Waals surface area contributed by atoms with Crippen LogP contribution in [-0.2, 0) is 4.79 Å². The maximum atomic E-state index is 11.9. The lowest BCUT2D eigenvalue weighted by atomic mass is 9.90. The number of carbonyl (C=O) groups excluding carboxylic acids is 1. The Hall–Kier alpha value is -0.610. The van der Waals surface area contributed by atoms with Gasteiger partial charge in [0.05, 0.1) is 12.1 Å². The molecular weight excluding hydrogens is 192 g/mol. The number of hydrogen-bond acceptors (Lipinski definition) is 3. The minimum Gasteiger partial charge on any atom is -0.394 e. The van der Waals surface area contributed by atoms with E-state index < -0.39 is 5.54 Å². The lowest BCUT2D eigenvalue weighted by Crippen LogP contribution is -2.61. The largest absolute Gasteiger partial charge is 0.394 e. The van der Waals surface area contributed by atoms with Crippen molar-refractivity contribution in [1.29, 1.82) is 0 Å². The lowest BCUT2D eigenvalue weighted by Gasteiger charge is -2.37. The molecule has 2 fully saturated rings. The van der Waals surface area contributed by atoms with Gasteiger partial charge in [-0.1, -0.05) is 6.92 Å². The number of piperidine rings is 1. The molecule has 4 heteroatoms. The molecular formula is C11H20N2O2. The van der Waals surface area contributed by atoms with Gasteiger partial charge >= 0.3 is 0 Å². The number of aliphatic hydroxyl groups excluding tert-OH is 1. The maximum Gasteiger partial charge on any atom is 0.226 e. The van der Waals surface area contributed by atoms with Crippen molar-refractivity contribution < 1.29 is 9.90 Å². The molecule has 0 radical (unpaired) electrons. The summed E-state index contributed by atoms with van der Waals surface area (Å²) < 4.78 is 0. The van der Waals surface area contributed by atoms with E-state index in [0.717, 1.165) is 32.2 Å². The van der Waals surface area contributed by atoms with Crippen LogP contribution in [0.4, 0.5) is 0 Å². The fourth-order valence-corrected chi connectivity index (χ4v) is 2.06. The van der Waals surface area contributed by atoms with Crippen molar-refractivity contribution in [1.82, 2.24) is 10.6 Å². The summed E-state index contributed by atoms with van der Waals surface area (Å²) in [6, 6.07) is 0. The minimum absolute atomic E-state index is 0.0296. The Labute approximate surface area is 90.4 Å². The molecule has 1 atom stereocenters. The molecule has 1 saturated heterocycles. The molecule has 15 heavy (non-hydrogen) atoms. The fourth-order valence-electron chi connectivity index (χ4n) is 2.06. The molecule has 2 aliphatic rings. The molecule has 0 aromatic carbocycles. The normalized spacial score (nSPS) is 33.5. The number of rotatable bonds is 3. The SMILES string of the molecule is CC1(C(=O)NC2(CO)CCCNC2)CC1. The number of carbonyl (C=O) groups is 1. The highest BCUT2D eigenvalue weighted by atomic mass is 16.3. The van der Waals surface area contributed by atoms with Crippen LogP contribution in [0.3, 0.4) is 0 Å². The molecule has 2 rings (SSSR count). The highest BCUT2D eigenvalue weighted by Gasteiger charge is 2.47. The van der Waals surface area contributed by atoms with E-state index in [1.54, 1.807) is 0 Å². The molecule has 1 saturated carbocycles. The van der Waals surface area contributed by atoms with E-state index in [9.17, 15) is 9.90 Å². The number of amides is 1. The van der Waals surface area contributed by atoms with Crippen molar-refractivity contribution >= 4 is 5.91 Å². The monoisotopic (exact) mass is 212 g/mol. The highest BCUT2D eigenvalue weighted by molar-refractivity contribution is 5.85. The van der Waals surface area contributed by atoms with Gasteiger partial charge in [-0.05, 0) is 32.2 Å². The Morgan fingerprint density at radius 2 is 2.20 bits per heavy atom. The summed E-state index contributed by atoms with van der Waals surface area (Å²) in [6.07, 6.45) is 3.84. The van der Waals surface area contributed by atoms with Gasteiger partial charge < -0.3 is 15.7 Å². The van der Waals surface area contributed by atoms with Gasteiger partial charge in [0, 0.05) is 12.0 Å². The Morgan fingerprint density at radius 1 is 1.47 bits per heavy atom. The van der Waals surface area contributed by atoms with E-state index >= 15 is 0 Å². The van der Waals surface area contributed by atoms with Crippen LogP contribution in [0.25, 0.3) is 0 Å². The smallest absolute Gasteiger partial charge is 0.226 e. The van der Waals surface area contributed by atoms with Gasteiger partial charge in [0.2, 0.25) is 5.91 Å². The van der Waals surface area contributed by atoms with Crippen molar-refractivity contribution in [3.63, 3.8) is 0 Å². The van der Waals surface area contributed by atoms with Crippen LogP contribution < -0.4 is 10.6 Å². The number of aliphatic hydroxyl groups is 1. The first-order chi connectivity index (χ1) is 7.10. The second kappa shape index (κ2) is 3.76. The van der Waals surface area contributed by atoms with Crippen LogP contribution in [0.2, 0.25) is 0 Å². The van der Waals surface area contributed by atoms with E-state index in [1.807, 2.05) is 6.92 Å². The highest BCUT2D eigenvalue weighted by Crippen LogP contribution is 2.45. The molecule has 3 N–H and O–H groups in total. The molecule has 0 aromatic rings. The minimum atomic E-state index is -0.416. The van der Waals surface area contributed by atoms with Crippen LogP contribution in [0.5, 0.6) is 0 Å². The van der Waals surface area contributed by atoms with Gasteiger partial charge in [0.1, 0.15) is 0 Å². The van der Waals surface area contributed by atoms with E-state index in [-0.39, 0.29) is 17.9 Å². The molecule has 0 spiro atoms. The predicted molar refractivity (Wildman–Crippen MR) is 57.4 cm³/mol. The van der Waals surface area contributed by atoms with Gasteiger partial charge in [-0.3, -0.25) is 4.79 Å². The Balaban J connectivity index is 1.97. The second-order valence-electron chi connectivity index (χ2n) is 5.23. The third kappa shape index (κ3) is 2.16. The topological polar surface area (TPSA) is 61.4 Å². The zero-order valence-electron chi connectivity index (χ0n) is 9.31. The van der Waals surface area contributed by atoms with E-state index in [4.69, 9.17) is 0 Å². The summed E-state index contributed by atoms with van der Waals surface area (Å²) >= 11 is 0. The van der Waals surface area contributed by atoms with Crippen molar-refractivity contribution in [3.05, 3.63) is 0 Å². The van der Waals surface area contributed by atoms with Gasteiger partial charge in [-0.25, -0.2) is 0 Å².